The van der Waals surface area contributed by atoms with Crippen LogP contribution in [0, 0.1) is 12.8 Å². The molecule has 0 atom stereocenters. The van der Waals surface area contributed by atoms with Gasteiger partial charge in [0.25, 0.3) is 0 Å². The largest absolute Gasteiger partial charge is 0.439 e. The van der Waals surface area contributed by atoms with Gasteiger partial charge in [-0.05, 0) is 50.1 Å². The Balaban J connectivity index is 1.46. The second-order valence-electron chi connectivity index (χ2n) is 6.31. The number of nitrogens with one attached hydrogen (secondary N) is 1. The fourth-order valence-corrected chi connectivity index (χ4v) is 2.74. The van der Waals surface area contributed by atoms with E-state index in [-0.39, 0.29) is 11.8 Å². The third-order valence-corrected chi connectivity index (χ3v) is 4.36. The molecule has 4 rings (SSSR count). The summed E-state index contributed by atoms with van der Waals surface area (Å²) >= 11 is 0. The van der Waals surface area contributed by atoms with Crippen molar-refractivity contribution in [2.75, 3.05) is 5.32 Å². The molecule has 1 N–H and O–H groups in total. The Morgan fingerprint density at radius 2 is 2.04 bits per heavy atom. The number of nitrogens with zero attached hydrogens (tertiary/aromatic N) is 4. The number of anilines is 1. The molecule has 0 radical (unpaired) electrons. The van der Waals surface area contributed by atoms with Gasteiger partial charge in [-0.3, -0.25) is 4.79 Å². The Labute approximate surface area is 151 Å². The minimum atomic E-state index is 0.0974. The second-order valence-corrected chi connectivity index (χ2v) is 6.31. The van der Waals surface area contributed by atoms with Gasteiger partial charge >= 0.3 is 0 Å². The Morgan fingerprint density at radius 3 is 2.69 bits per heavy atom. The molecule has 1 aromatic carbocycles. The van der Waals surface area contributed by atoms with Crippen LogP contribution in [0.1, 0.15) is 25.1 Å². The summed E-state index contributed by atoms with van der Waals surface area (Å²) in [5, 5.41) is 7.11. The Hall–Kier alpha value is -3.22. The van der Waals surface area contributed by atoms with Crippen molar-refractivity contribution in [1.29, 1.82) is 0 Å². The summed E-state index contributed by atoms with van der Waals surface area (Å²) in [4.78, 5) is 20.7. The van der Waals surface area contributed by atoms with E-state index in [1.807, 2.05) is 24.4 Å². The zero-order valence-electron chi connectivity index (χ0n) is 14.4. The van der Waals surface area contributed by atoms with Crippen LogP contribution in [0.25, 0.3) is 5.82 Å². The van der Waals surface area contributed by atoms with Gasteiger partial charge in [0.15, 0.2) is 5.82 Å². The molecule has 1 aliphatic carbocycles. The van der Waals surface area contributed by atoms with E-state index in [9.17, 15) is 4.79 Å². The topological polar surface area (TPSA) is 81.9 Å². The predicted octanol–water partition coefficient (Wildman–Crippen LogP) is 3.50. The van der Waals surface area contributed by atoms with Gasteiger partial charge in [0.2, 0.25) is 11.8 Å². The van der Waals surface area contributed by atoms with Crippen LogP contribution in [0.3, 0.4) is 0 Å². The van der Waals surface area contributed by atoms with Crippen molar-refractivity contribution in [3.05, 3.63) is 54.6 Å². The zero-order chi connectivity index (χ0) is 17.9. The first-order valence-electron chi connectivity index (χ1n) is 8.62. The molecule has 1 aliphatic rings. The molecule has 0 saturated heterocycles. The molecule has 0 bridgehead atoms. The van der Waals surface area contributed by atoms with Crippen molar-refractivity contribution in [1.82, 2.24) is 19.7 Å². The van der Waals surface area contributed by atoms with E-state index >= 15 is 0 Å². The highest BCUT2D eigenvalue weighted by atomic mass is 16.5. The third-order valence-electron chi connectivity index (χ3n) is 4.36. The standard InChI is InChI=1S/C19H19N5O2/c1-13-21-17(24-11-3-10-20-24)12-18(22-13)26-16-8-6-15(7-9-16)23-19(25)14-4-2-5-14/h3,6-12,14H,2,4-5H2,1H3,(H,23,25). The fourth-order valence-electron chi connectivity index (χ4n) is 2.74. The molecule has 26 heavy (non-hydrogen) atoms. The molecular weight excluding hydrogens is 330 g/mol. The van der Waals surface area contributed by atoms with Gasteiger partial charge in [0.1, 0.15) is 11.6 Å². The summed E-state index contributed by atoms with van der Waals surface area (Å²) in [6.07, 6.45) is 6.61. The van der Waals surface area contributed by atoms with Crippen LogP contribution in [0.15, 0.2) is 48.8 Å². The molecule has 2 heterocycles. The number of amides is 1. The predicted molar refractivity (Wildman–Crippen MR) is 96.4 cm³/mol. The highest BCUT2D eigenvalue weighted by Crippen LogP contribution is 2.28. The van der Waals surface area contributed by atoms with Crippen LogP contribution in [0.2, 0.25) is 0 Å². The van der Waals surface area contributed by atoms with Crippen molar-refractivity contribution in [2.45, 2.75) is 26.2 Å². The SMILES string of the molecule is Cc1nc(Oc2ccc(NC(=O)C3CCC3)cc2)cc(-n2cccn2)n1. The molecule has 3 aromatic rings. The summed E-state index contributed by atoms with van der Waals surface area (Å²) in [6.45, 7) is 1.80. The number of aryl methyl sites for hydroxylation is 1. The van der Waals surface area contributed by atoms with E-state index in [0.29, 0.717) is 23.3 Å². The van der Waals surface area contributed by atoms with Gasteiger partial charge in [-0.1, -0.05) is 6.42 Å². The van der Waals surface area contributed by atoms with Gasteiger partial charge in [-0.25, -0.2) is 9.67 Å². The number of carbonyl (C=O) groups is 1. The zero-order valence-corrected chi connectivity index (χ0v) is 14.4. The molecule has 1 fully saturated rings. The Bertz CT molecular complexity index is 902. The third kappa shape index (κ3) is 3.56. The molecular formula is C19H19N5O2. The maximum atomic E-state index is 12.0. The molecule has 132 valence electrons. The lowest BCUT2D eigenvalue weighted by atomic mass is 9.85. The molecule has 7 heteroatoms. The molecule has 0 unspecified atom stereocenters. The minimum absolute atomic E-state index is 0.0974. The van der Waals surface area contributed by atoms with Crippen LogP contribution >= 0.6 is 0 Å². The summed E-state index contributed by atoms with van der Waals surface area (Å²) in [5.41, 5.74) is 0.769. The summed E-state index contributed by atoms with van der Waals surface area (Å²) < 4.78 is 7.49. The Morgan fingerprint density at radius 1 is 1.23 bits per heavy atom. The number of hydrogen-bond acceptors (Lipinski definition) is 5. The summed E-state index contributed by atoms with van der Waals surface area (Å²) in [7, 11) is 0. The molecule has 0 aliphatic heterocycles. The van der Waals surface area contributed by atoms with Gasteiger partial charge in [-0.15, -0.1) is 0 Å². The van der Waals surface area contributed by atoms with E-state index in [0.717, 1.165) is 24.9 Å². The Kier molecular flexibility index (Phi) is 4.35. The molecule has 2 aromatic heterocycles. The van der Waals surface area contributed by atoms with Crippen molar-refractivity contribution >= 4 is 11.6 Å². The molecule has 1 amide bonds. The number of rotatable bonds is 5. The summed E-state index contributed by atoms with van der Waals surface area (Å²) in [5.74, 6) is 2.57. The van der Waals surface area contributed by atoms with Crippen molar-refractivity contribution in [3.63, 3.8) is 0 Å². The molecule has 0 spiro atoms. The monoisotopic (exact) mass is 349 g/mol. The van der Waals surface area contributed by atoms with E-state index in [4.69, 9.17) is 4.74 Å². The normalized spacial score (nSPS) is 13.9. The van der Waals surface area contributed by atoms with Gasteiger partial charge in [0.05, 0.1) is 0 Å². The summed E-state index contributed by atoms with van der Waals surface area (Å²) in [6, 6.07) is 10.8. The van der Waals surface area contributed by atoms with Crippen LogP contribution in [0.5, 0.6) is 11.6 Å². The number of ether oxygens (including phenoxy) is 1. The maximum absolute atomic E-state index is 12.0. The van der Waals surface area contributed by atoms with Gasteiger partial charge in [-0.2, -0.15) is 10.1 Å². The average molecular weight is 349 g/mol. The van der Waals surface area contributed by atoms with Crippen molar-refractivity contribution < 1.29 is 9.53 Å². The molecule has 7 nitrogen and oxygen atoms in total. The number of benzene rings is 1. The fraction of sp³-hybridized carbons (Fsp3) is 0.263. The minimum Gasteiger partial charge on any atom is -0.439 e. The first kappa shape index (κ1) is 16.3. The maximum Gasteiger partial charge on any atom is 0.227 e. The number of aromatic nitrogens is 4. The van der Waals surface area contributed by atoms with E-state index in [1.54, 1.807) is 36.0 Å². The smallest absolute Gasteiger partial charge is 0.227 e. The lowest BCUT2D eigenvalue weighted by Gasteiger charge is -2.24. The van der Waals surface area contributed by atoms with Crippen LogP contribution < -0.4 is 10.1 Å². The molecule has 1 saturated carbocycles. The van der Waals surface area contributed by atoms with Gasteiger partial charge in [0, 0.05) is 30.1 Å². The van der Waals surface area contributed by atoms with Crippen molar-refractivity contribution in [2.24, 2.45) is 5.92 Å². The lowest BCUT2D eigenvalue weighted by molar-refractivity contribution is -0.122. The van der Waals surface area contributed by atoms with Crippen LogP contribution in [-0.4, -0.2) is 25.7 Å². The van der Waals surface area contributed by atoms with Gasteiger partial charge < -0.3 is 10.1 Å². The van der Waals surface area contributed by atoms with Crippen LogP contribution in [0.4, 0.5) is 5.69 Å². The van der Waals surface area contributed by atoms with Crippen molar-refractivity contribution in [3.8, 4) is 17.4 Å². The highest BCUT2D eigenvalue weighted by molar-refractivity contribution is 5.93. The number of hydrogen-bond donors (Lipinski definition) is 1. The second kappa shape index (κ2) is 6.95. The average Bonchev–Trinajstić information content (AvgIpc) is 3.09. The van der Waals surface area contributed by atoms with E-state index < -0.39 is 0 Å². The quantitative estimate of drug-likeness (QED) is 0.762. The first-order valence-corrected chi connectivity index (χ1v) is 8.62. The number of carbonyl (C=O) groups excluding carboxylic acids is 1. The van der Waals surface area contributed by atoms with E-state index in [1.165, 1.54) is 0 Å². The lowest BCUT2D eigenvalue weighted by Crippen LogP contribution is -2.27. The van der Waals surface area contributed by atoms with E-state index in [2.05, 4.69) is 20.4 Å². The first-order chi connectivity index (χ1) is 12.7. The highest BCUT2D eigenvalue weighted by Gasteiger charge is 2.25. The van der Waals surface area contributed by atoms with Crippen LogP contribution in [-0.2, 0) is 4.79 Å².